The average molecular weight is 518 g/mol. The van der Waals surface area contributed by atoms with Crippen LogP contribution >= 0.6 is 0 Å². The predicted molar refractivity (Wildman–Crippen MR) is 145 cm³/mol. The highest BCUT2D eigenvalue weighted by Gasteiger charge is 2.34. The molecule has 6 rings (SSSR count). The van der Waals surface area contributed by atoms with Crippen molar-refractivity contribution in [3.63, 3.8) is 0 Å². The number of fused-ring (bicyclic) bond motifs is 1. The number of nitrogens with zero attached hydrogens (tertiary/aromatic N) is 4. The molecule has 0 bridgehead atoms. The van der Waals surface area contributed by atoms with Gasteiger partial charge in [-0.15, -0.1) is 0 Å². The Morgan fingerprint density at radius 1 is 1.00 bits per heavy atom. The fourth-order valence-corrected chi connectivity index (χ4v) is 6.75. The Bertz CT molecular complexity index is 1500. The second-order valence-corrected chi connectivity index (χ2v) is 12.5. The number of nitrogen functional groups attached to an aromatic ring is 1. The maximum absolute atomic E-state index is 11.7. The van der Waals surface area contributed by atoms with Crippen LogP contribution in [-0.4, -0.2) is 59.0 Å². The molecular weight excluding hydrogens is 486 g/mol. The van der Waals surface area contributed by atoms with E-state index in [9.17, 15) is 8.42 Å². The molecule has 1 aliphatic carbocycles. The van der Waals surface area contributed by atoms with Gasteiger partial charge in [0, 0.05) is 37.4 Å². The molecule has 2 aliphatic rings. The lowest BCUT2D eigenvalue weighted by molar-refractivity contribution is 0.136. The zero-order valence-electron chi connectivity index (χ0n) is 20.7. The number of hydrogen-bond acceptors (Lipinski definition) is 7. The third kappa shape index (κ3) is 5.06. The minimum absolute atomic E-state index is 0.277. The predicted octanol–water partition coefficient (Wildman–Crippen LogP) is 3.94. The van der Waals surface area contributed by atoms with E-state index in [4.69, 9.17) is 10.5 Å². The molecule has 37 heavy (non-hydrogen) atoms. The largest absolute Gasteiger partial charge is 0.489 e. The van der Waals surface area contributed by atoms with E-state index in [0.717, 1.165) is 52.9 Å². The molecule has 2 aromatic heterocycles. The summed E-state index contributed by atoms with van der Waals surface area (Å²) < 4.78 is 31.8. The first kappa shape index (κ1) is 23.9. The molecule has 0 spiro atoms. The molecule has 2 aromatic carbocycles. The summed E-state index contributed by atoms with van der Waals surface area (Å²) in [6.07, 6.45) is 5.76. The second kappa shape index (κ2) is 9.79. The third-order valence-electron chi connectivity index (χ3n) is 7.59. The van der Waals surface area contributed by atoms with Crippen molar-refractivity contribution < 1.29 is 13.2 Å². The zero-order chi connectivity index (χ0) is 25.4. The van der Waals surface area contributed by atoms with E-state index < -0.39 is 9.84 Å². The zero-order valence-corrected chi connectivity index (χ0v) is 21.5. The second-order valence-electron chi connectivity index (χ2n) is 10.2. The Morgan fingerprint density at radius 3 is 2.57 bits per heavy atom. The van der Waals surface area contributed by atoms with Gasteiger partial charge in [0.25, 0.3) is 0 Å². The van der Waals surface area contributed by atoms with Gasteiger partial charge in [0.1, 0.15) is 30.1 Å². The third-order valence-corrected chi connectivity index (χ3v) is 9.20. The Kier molecular flexibility index (Phi) is 6.34. The highest BCUT2D eigenvalue weighted by Crippen LogP contribution is 2.43. The molecule has 0 amide bonds. The molecule has 9 heteroatoms. The monoisotopic (exact) mass is 517 g/mol. The number of sulfone groups is 1. The first-order chi connectivity index (χ1) is 17.9. The van der Waals surface area contributed by atoms with Gasteiger partial charge in [0.2, 0.25) is 0 Å². The molecule has 0 radical (unpaired) electrons. The van der Waals surface area contributed by atoms with Gasteiger partial charge < -0.3 is 19.9 Å². The van der Waals surface area contributed by atoms with Crippen molar-refractivity contribution in [1.29, 1.82) is 0 Å². The van der Waals surface area contributed by atoms with E-state index in [0.29, 0.717) is 37.5 Å². The molecule has 0 unspecified atom stereocenters. The first-order valence-corrected chi connectivity index (χ1v) is 14.6. The van der Waals surface area contributed by atoms with Gasteiger partial charge >= 0.3 is 0 Å². The standard InChI is InChI=1S/C28H31N5O3S/c29-27-26-25(22-7-4-8-24(15-22)36-18-20-5-2-1-3-6-20)17-33(28(26)31-19-30-27)23-13-21(14-23)16-32-9-11-37(34,35)12-10-32/h1-8,15,17,19,21,23H,9-14,16,18H2,(H2,29,30,31). The van der Waals surface area contributed by atoms with Crippen LogP contribution in [0.25, 0.3) is 22.2 Å². The molecule has 3 heterocycles. The van der Waals surface area contributed by atoms with Gasteiger partial charge in [-0.25, -0.2) is 18.4 Å². The Morgan fingerprint density at radius 2 is 1.78 bits per heavy atom. The van der Waals surface area contributed by atoms with Crippen LogP contribution in [0.1, 0.15) is 24.4 Å². The van der Waals surface area contributed by atoms with E-state index in [1.165, 1.54) is 6.33 Å². The summed E-state index contributed by atoms with van der Waals surface area (Å²) in [5.41, 5.74) is 10.4. The van der Waals surface area contributed by atoms with E-state index in [-0.39, 0.29) is 11.5 Å². The quantitative estimate of drug-likeness (QED) is 0.396. The number of benzene rings is 2. The maximum atomic E-state index is 11.7. The first-order valence-electron chi connectivity index (χ1n) is 12.8. The number of rotatable bonds is 7. The van der Waals surface area contributed by atoms with Crippen LogP contribution in [0.3, 0.4) is 0 Å². The van der Waals surface area contributed by atoms with Crippen LogP contribution in [0.4, 0.5) is 5.82 Å². The van der Waals surface area contributed by atoms with Crippen molar-refractivity contribution in [2.75, 3.05) is 36.9 Å². The average Bonchev–Trinajstić information content (AvgIpc) is 3.27. The fraction of sp³-hybridized carbons (Fsp3) is 0.357. The highest BCUT2D eigenvalue weighted by atomic mass is 32.2. The fourth-order valence-electron chi connectivity index (χ4n) is 5.47. The van der Waals surface area contributed by atoms with Gasteiger partial charge in [-0.1, -0.05) is 42.5 Å². The molecule has 192 valence electrons. The normalized spacial score (nSPS) is 21.5. The van der Waals surface area contributed by atoms with Crippen LogP contribution in [0.15, 0.2) is 67.1 Å². The SMILES string of the molecule is Nc1ncnc2c1c(-c1cccc(OCc3ccccc3)c1)cn2C1CC(CN2CCS(=O)(=O)CC2)C1. The van der Waals surface area contributed by atoms with Crippen molar-refractivity contribution in [3.8, 4) is 16.9 Å². The van der Waals surface area contributed by atoms with Crippen LogP contribution < -0.4 is 10.5 Å². The van der Waals surface area contributed by atoms with E-state index in [1.807, 2.05) is 36.4 Å². The van der Waals surface area contributed by atoms with Crippen LogP contribution in [0.2, 0.25) is 0 Å². The van der Waals surface area contributed by atoms with Gasteiger partial charge in [0.05, 0.1) is 16.9 Å². The molecule has 1 aliphatic heterocycles. The van der Waals surface area contributed by atoms with Gasteiger partial charge in [0.15, 0.2) is 9.84 Å². The summed E-state index contributed by atoms with van der Waals surface area (Å²) in [4.78, 5) is 11.2. The van der Waals surface area contributed by atoms with Crippen LogP contribution in [0.5, 0.6) is 5.75 Å². The van der Waals surface area contributed by atoms with E-state index >= 15 is 0 Å². The maximum Gasteiger partial charge on any atom is 0.152 e. The highest BCUT2D eigenvalue weighted by molar-refractivity contribution is 7.91. The molecular formula is C28H31N5O3S. The number of hydrogen-bond donors (Lipinski definition) is 1. The number of ether oxygens (including phenoxy) is 1. The molecule has 1 saturated heterocycles. The van der Waals surface area contributed by atoms with Gasteiger partial charge in [-0.05, 0) is 42.0 Å². The lowest BCUT2D eigenvalue weighted by Gasteiger charge is -2.40. The minimum atomic E-state index is -2.85. The lowest BCUT2D eigenvalue weighted by Crippen LogP contribution is -2.44. The molecule has 2 N–H and O–H groups in total. The van der Waals surface area contributed by atoms with Crippen molar-refractivity contribution in [3.05, 3.63) is 72.7 Å². The minimum Gasteiger partial charge on any atom is -0.489 e. The van der Waals surface area contributed by atoms with Crippen molar-refractivity contribution in [2.45, 2.75) is 25.5 Å². The van der Waals surface area contributed by atoms with Crippen LogP contribution in [-0.2, 0) is 16.4 Å². The summed E-state index contributed by atoms with van der Waals surface area (Å²) in [5, 5.41) is 0.868. The number of nitrogens with two attached hydrogens (primary N) is 1. The van der Waals surface area contributed by atoms with Gasteiger partial charge in [-0.3, -0.25) is 0 Å². The topological polar surface area (TPSA) is 103 Å². The van der Waals surface area contributed by atoms with Crippen molar-refractivity contribution in [1.82, 2.24) is 19.4 Å². The molecule has 8 nitrogen and oxygen atoms in total. The molecule has 0 atom stereocenters. The Balaban J connectivity index is 1.20. The molecule has 2 fully saturated rings. The van der Waals surface area contributed by atoms with Gasteiger partial charge in [-0.2, -0.15) is 0 Å². The summed E-state index contributed by atoms with van der Waals surface area (Å²) in [5.74, 6) is 2.38. The van der Waals surface area contributed by atoms with E-state index in [1.54, 1.807) is 0 Å². The Hall–Kier alpha value is -3.43. The molecule has 4 aromatic rings. The number of aromatic nitrogens is 3. The van der Waals surface area contributed by atoms with E-state index in [2.05, 4.69) is 43.8 Å². The summed E-state index contributed by atoms with van der Waals surface area (Å²) >= 11 is 0. The smallest absolute Gasteiger partial charge is 0.152 e. The summed E-state index contributed by atoms with van der Waals surface area (Å²) in [6, 6.07) is 18.5. The van der Waals surface area contributed by atoms with Crippen LogP contribution in [0, 0.1) is 5.92 Å². The summed E-state index contributed by atoms with van der Waals surface area (Å²) in [6.45, 7) is 2.75. The lowest BCUT2D eigenvalue weighted by atomic mass is 9.79. The van der Waals surface area contributed by atoms with Crippen molar-refractivity contribution >= 4 is 26.7 Å². The molecule has 1 saturated carbocycles. The van der Waals surface area contributed by atoms with Crippen molar-refractivity contribution in [2.24, 2.45) is 5.92 Å². The summed E-state index contributed by atoms with van der Waals surface area (Å²) in [7, 11) is -2.85. The number of anilines is 1. The Labute approximate surface area is 217 Å².